The summed E-state index contributed by atoms with van der Waals surface area (Å²) in [5.41, 5.74) is 0. The summed E-state index contributed by atoms with van der Waals surface area (Å²) in [7, 11) is 4.04. The Morgan fingerprint density at radius 2 is 1.22 bits per heavy atom. The molecule has 7 heteroatoms. The molecule has 0 atom stereocenters. The summed E-state index contributed by atoms with van der Waals surface area (Å²) in [6.45, 7) is 5.71. The largest absolute Gasteiger partial charge is 0.337 e. The van der Waals surface area contributed by atoms with E-state index in [2.05, 4.69) is 25.9 Å². The van der Waals surface area contributed by atoms with Crippen molar-refractivity contribution in [1.82, 2.24) is 35.1 Å². The molecule has 0 saturated heterocycles. The van der Waals surface area contributed by atoms with Crippen molar-refractivity contribution in [2.24, 2.45) is 14.1 Å². The van der Waals surface area contributed by atoms with Gasteiger partial charge in [-0.2, -0.15) is 0 Å². The summed E-state index contributed by atoms with van der Waals surface area (Å²) >= 11 is 0. The number of nitrogens with one attached hydrogen (secondary N) is 3. The molecule has 0 aromatic carbocycles. The zero-order chi connectivity index (χ0) is 16.3. The highest BCUT2D eigenvalue weighted by Crippen LogP contribution is 1.94. The highest BCUT2D eigenvalue weighted by molar-refractivity contribution is 4.90. The topological polar surface area (TPSA) is 71.7 Å². The maximum Gasteiger partial charge on any atom is 0.122 e. The molecule has 2 rings (SSSR count). The van der Waals surface area contributed by atoms with Crippen molar-refractivity contribution in [2.45, 2.75) is 25.9 Å². The molecule has 7 nitrogen and oxygen atoms in total. The molecule has 0 saturated carbocycles. The second kappa shape index (κ2) is 10.1. The summed E-state index contributed by atoms with van der Waals surface area (Å²) in [5.74, 6) is 2.16. The zero-order valence-electron chi connectivity index (χ0n) is 14.3. The van der Waals surface area contributed by atoms with E-state index in [0.29, 0.717) is 0 Å². The van der Waals surface area contributed by atoms with Crippen molar-refractivity contribution in [3.8, 4) is 0 Å². The molecule has 0 unspecified atom stereocenters. The number of nitrogens with zero attached hydrogens (tertiary/aromatic N) is 4. The fourth-order valence-electron chi connectivity index (χ4n) is 2.34. The molecule has 128 valence electrons. The molecule has 3 N–H and O–H groups in total. The molecule has 0 amide bonds. The van der Waals surface area contributed by atoms with Crippen molar-refractivity contribution in [3.05, 3.63) is 36.4 Å². The van der Waals surface area contributed by atoms with Crippen LogP contribution in [-0.2, 0) is 27.2 Å². The molecular weight excluding hydrogens is 290 g/mol. The Balaban J connectivity index is 1.36. The SMILES string of the molecule is Cn1ccnc1CNCCCCNCCNCc1nccn1C. The van der Waals surface area contributed by atoms with E-state index in [1.165, 1.54) is 12.8 Å². The van der Waals surface area contributed by atoms with Crippen LogP contribution in [0.3, 0.4) is 0 Å². The van der Waals surface area contributed by atoms with Crippen molar-refractivity contribution < 1.29 is 0 Å². The molecule has 0 aliphatic heterocycles. The average Bonchev–Trinajstić information content (AvgIpc) is 3.14. The number of hydrogen-bond acceptors (Lipinski definition) is 5. The number of imidazole rings is 2. The second-order valence-electron chi connectivity index (χ2n) is 5.72. The maximum absolute atomic E-state index is 4.29. The van der Waals surface area contributed by atoms with Crippen LogP contribution < -0.4 is 16.0 Å². The smallest absolute Gasteiger partial charge is 0.122 e. The predicted molar refractivity (Wildman–Crippen MR) is 91.9 cm³/mol. The van der Waals surface area contributed by atoms with Gasteiger partial charge in [-0.05, 0) is 25.9 Å². The summed E-state index contributed by atoms with van der Waals surface area (Å²) in [6.07, 6.45) is 9.98. The molecule has 0 bridgehead atoms. The van der Waals surface area contributed by atoms with Crippen LogP contribution in [0, 0.1) is 0 Å². The van der Waals surface area contributed by atoms with Gasteiger partial charge in [0.05, 0.1) is 13.1 Å². The minimum absolute atomic E-state index is 0.822. The van der Waals surface area contributed by atoms with E-state index in [0.717, 1.165) is 50.9 Å². The lowest BCUT2D eigenvalue weighted by atomic mass is 10.3. The molecule has 2 heterocycles. The Hall–Kier alpha value is -1.70. The van der Waals surface area contributed by atoms with Gasteiger partial charge in [-0.15, -0.1) is 0 Å². The molecule has 0 aliphatic carbocycles. The normalized spacial score (nSPS) is 11.2. The summed E-state index contributed by atoms with van der Waals surface area (Å²) < 4.78 is 4.09. The average molecular weight is 319 g/mol. The molecule has 0 spiro atoms. The first-order chi connectivity index (χ1) is 11.3. The van der Waals surface area contributed by atoms with Crippen LogP contribution in [0.2, 0.25) is 0 Å². The number of hydrogen-bond donors (Lipinski definition) is 3. The van der Waals surface area contributed by atoms with Gasteiger partial charge < -0.3 is 25.1 Å². The van der Waals surface area contributed by atoms with Crippen LogP contribution in [0.4, 0.5) is 0 Å². The van der Waals surface area contributed by atoms with E-state index in [9.17, 15) is 0 Å². The quantitative estimate of drug-likeness (QED) is 0.494. The highest BCUT2D eigenvalue weighted by atomic mass is 15.1. The van der Waals surface area contributed by atoms with Gasteiger partial charge in [-0.25, -0.2) is 9.97 Å². The van der Waals surface area contributed by atoms with Crippen molar-refractivity contribution in [3.63, 3.8) is 0 Å². The van der Waals surface area contributed by atoms with E-state index in [1.807, 2.05) is 48.0 Å². The van der Waals surface area contributed by atoms with E-state index in [1.54, 1.807) is 0 Å². The maximum atomic E-state index is 4.29. The van der Waals surface area contributed by atoms with Crippen LogP contribution in [0.1, 0.15) is 24.5 Å². The molecule has 0 radical (unpaired) electrons. The molecule has 23 heavy (non-hydrogen) atoms. The highest BCUT2D eigenvalue weighted by Gasteiger charge is 1.98. The number of aryl methyl sites for hydroxylation is 2. The number of aromatic nitrogens is 4. The van der Waals surface area contributed by atoms with Gasteiger partial charge in [-0.3, -0.25) is 0 Å². The van der Waals surface area contributed by atoms with Gasteiger partial charge in [0, 0.05) is 52.0 Å². The summed E-state index contributed by atoms with van der Waals surface area (Å²) in [4.78, 5) is 8.57. The zero-order valence-corrected chi connectivity index (χ0v) is 14.3. The molecule has 0 aliphatic rings. The number of rotatable bonds is 12. The fraction of sp³-hybridized carbons (Fsp3) is 0.625. The van der Waals surface area contributed by atoms with E-state index in [-0.39, 0.29) is 0 Å². The minimum Gasteiger partial charge on any atom is -0.337 e. The standard InChI is InChI=1S/C16H29N7/c1-22-11-9-20-15(22)13-18-6-4-3-5-17-7-8-19-14-16-21-10-12-23(16)2/h9-12,17-19H,3-8,13-14H2,1-2H3. The van der Waals surface area contributed by atoms with Crippen LogP contribution in [0.5, 0.6) is 0 Å². The third-order valence-electron chi connectivity index (χ3n) is 3.84. The first-order valence-electron chi connectivity index (χ1n) is 8.32. The van der Waals surface area contributed by atoms with Gasteiger partial charge in [0.1, 0.15) is 11.6 Å². The summed E-state index contributed by atoms with van der Waals surface area (Å²) in [5, 5.41) is 10.3. The molecule has 2 aromatic rings. The van der Waals surface area contributed by atoms with E-state index < -0.39 is 0 Å². The van der Waals surface area contributed by atoms with Gasteiger partial charge in [0.25, 0.3) is 0 Å². The van der Waals surface area contributed by atoms with Crippen molar-refractivity contribution >= 4 is 0 Å². The van der Waals surface area contributed by atoms with E-state index in [4.69, 9.17) is 0 Å². The van der Waals surface area contributed by atoms with Crippen molar-refractivity contribution in [2.75, 3.05) is 26.2 Å². The third kappa shape index (κ3) is 6.52. The van der Waals surface area contributed by atoms with Gasteiger partial charge >= 0.3 is 0 Å². The molecule has 2 aromatic heterocycles. The number of unbranched alkanes of at least 4 members (excludes halogenated alkanes) is 1. The van der Waals surface area contributed by atoms with Gasteiger partial charge in [0.2, 0.25) is 0 Å². The van der Waals surface area contributed by atoms with Crippen LogP contribution in [0.15, 0.2) is 24.8 Å². The molecule has 0 fully saturated rings. The summed E-state index contributed by atoms with van der Waals surface area (Å²) in [6, 6.07) is 0. The van der Waals surface area contributed by atoms with Crippen LogP contribution in [-0.4, -0.2) is 45.3 Å². The second-order valence-corrected chi connectivity index (χ2v) is 5.72. The Kier molecular flexibility index (Phi) is 7.79. The lowest BCUT2D eigenvalue weighted by Gasteiger charge is -2.07. The Labute approximate surface area is 138 Å². The Morgan fingerprint density at radius 1 is 0.739 bits per heavy atom. The predicted octanol–water partition coefficient (Wildman–Crippen LogP) is 0.403. The Morgan fingerprint density at radius 3 is 1.74 bits per heavy atom. The first-order valence-corrected chi connectivity index (χ1v) is 8.32. The van der Waals surface area contributed by atoms with Crippen LogP contribution in [0.25, 0.3) is 0 Å². The van der Waals surface area contributed by atoms with Gasteiger partial charge in [0.15, 0.2) is 0 Å². The first kappa shape index (κ1) is 17.7. The monoisotopic (exact) mass is 319 g/mol. The lowest BCUT2D eigenvalue weighted by molar-refractivity contribution is 0.551. The lowest BCUT2D eigenvalue weighted by Crippen LogP contribution is -2.28. The Bertz CT molecular complexity index is 498. The van der Waals surface area contributed by atoms with E-state index >= 15 is 0 Å². The van der Waals surface area contributed by atoms with Gasteiger partial charge in [-0.1, -0.05) is 0 Å². The third-order valence-corrected chi connectivity index (χ3v) is 3.84. The fourth-order valence-corrected chi connectivity index (χ4v) is 2.34. The van der Waals surface area contributed by atoms with Crippen LogP contribution >= 0.6 is 0 Å². The molecular formula is C16H29N7. The minimum atomic E-state index is 0.822. The van der Waals surface area contributed by atoms with Crippen molar-refractivity contribution in [1.29, 1.82) is 0 Å².